The summed E-state index contributed by atoms with van der Waals surface area (Å²) in [4.78, 5) is 4.21. The van der Waals surface area contributed by atoms with E-state index in [2.05, 4.69) is 32.2 Å². The summed E-state index contributed by atoms with van der Waals surface area (Å²) in [5, 5.41) is 3.15. The molecule has 0 bridgehead atoms. The first-order valence-electron chi connectivity index (χ1n) is 4.02. The van der Waals surface area contributed by atoms with Gasteiger partial charge in [-0.25, -0.2) is 0 Å². The molecular formula is C10H11BrN2. The third-order valence-corrected chi connectivity index (χ3v) is 2.10. The van der Waals surface area contributed by atoms with Crippen molar-refractivity contribution in [3.05, 3.63) is 28.5 Å². The first-order valence-corrected chi connectivity index (χ1v) is 4.81. The molecule has 0 aromatic carbocycles. The number of halogens is 1. The van der Waals surface area contributed by atoms with Gasteiger partial charge in [-0.2, -0.15) is 0 Å². The van der Waals surface area contributed by atoms with Crippen LogP contribution in [0.25, 0.3) is 0 Å². The number of nitrogens with one attached hydrogen (secondary N) is 1. The summed E-state index contributed by atoms with van der Waals surface area (Å²) in [6.07, 6.45) is 7.00. The molecule has 0 aliphatic carbocycles. The average molecular weight is 239 g/mol. The zero-order valence-corrected chi connectivity index (χ0v) is 9.01. The molecule has 0 saturated heterocycles. The predicted molar refractivity (Wildman–Crippen MR) is 57.1 cm³/mol. The van der Waals surface area contributed by atoms with Gasteiger partial charge in [0.15, 0.2) is 0 Å². The predicted octanol–water partition coefficient (Wildman–Crippen LogP) is 1.96. The molecule has 1 atom stereocenters. The standard InChI is InChI=1S/C10H11BrN2/c1-3-8(2)12-7-10-5-4-9(11)6-13-10/h1,4-6,8,12H,7H2,2H3. The molecule has 0 aliphatic heterocycles. The minimum Gasteiger partial charge on any atom is -0.298 e. The number of rotatable bonds is 3. The maximum atomic E-state index is 5.22. The first kappa shape index (κ1) is 10.2. The van der Waals surface area contributed by atoms with Gasteiger partial charge in [-0.05, 0) is 35.0 Å². The largest absolute Gasteiger partial charge is 0.298 e. The second kappa shape index (κ2) is 5.00. The monoisotopic (exact) mass is 238 g/mol. The molecule has 1 N–H and O–H groups in total. The Kier molecular flexibility index (Phi) is 3.94. The molecule has 2 nitrogen and oxygen atoms in total. The highest BCUT2D eigenvalue weighted by Gasteiger charge is 1.97. The summed E-state index contributed by atoms with van der Waals surface area (Å²) in [5.41, 5.74) is 0.991. The van der Waals surface area contributed by atoms with E-state index in [0.717, 1.165) is 10.2 Å². The number of terminal acetylenes is 1. The van der Waals surface area contributed by atoms with Gasteiger partial charge in [-0.3, -0.25) is 10.3 Å². The lowest BCUT2D eigenvalue weighted by Crippen LogP contribution is -2.23. The van der Waals surface area contributed by atoms with Gasteiger partial charge < -0.3 is 0 Å². The van der Waals surface area contributed by atoms with Crippen LogP contribution >= 0.6 is 15.9 Å². The smallest absolute Gasteiger partial charge is 0.0661 e. The van der Waals surface area contributed by atoms with Crippen LogP contribution in [0.3, 0.4) is 0 Å². The number of nitrogens with zero attached hydrogens (tertiary/aromatic N) is 1. The molecule has 1 aromatic rings. The van der Waals surface area contributed by atoms with Crippen LogP contribution < -0.4 is 5.32 Å². The number of aromatic nitrogens is 1. The first-order chi connectivity index (χ1) is 6.22. The summed E-state index contributed by atoms with van der Waals surface area (Å²) < 4.78 is 0.987. The second-order valence-electron chi connectivity index (χ2n) is 2.74. The zero-order valence-electron chi connectivity index (χ0n) is 7.42. The summed E-state index contributed by atoms with van der Waals surface area (Å²) in [6, 6.07) is 4.01. The van der Waals surface area contributed by atoms with Crippen LogP contribution in [-0.2, 0) is 6.54 Å². The van der Waals surface area contributed by atoms with E-state index >= 15 is 0 Å². The van der Waals surface area contributed by atoms with Crippen LogP contribution in [0.15, 0.2) is 22.8 Å². The van der Waals surface area contributed by atoms with Crippen molar-refractivity contribution >= 4 is 15.9 Å². The van der Waals surface area contributed by atoms with Crippen molar-refractivity contribution < 1.29 is 0 Å². The van der Waals surface area contributed by atoms with E-state index in [1.54, 1.807) is 6.20 Å². The van der Waals surface area contributed by atoms with E-state index in [-0.39, 0.29) is 6.04 Å². The fourth-order valence-corrected chi connectivity index (χ4v) is 1.06. The Labute approximate surface area is 86.9 Å². The molecule has 0 fully saturated rings. The fourth-order valence-electron chi connectivity index (χ4n) is 0.828. The topological polar surface area (TPSA) is 24.9 Å². The van der Waals surface area contributed by atoms with Crippen LogP contribution in [0.4, 0.5) is 0 Å². The van der Waals surface area contributed by atoms with Gasteiger partial charge in [-0.15, -0.1) is 6.42 Å². The van der Waals surface area contributed by atoms with E-state index in [9.17, 15) is 0 Å². The van der Waals surface area contributed by atoms with Gasteiger partial charge in [0.05, 0.1) is 11.7 Å². The highest BCUT2D eigenvalue weighted by atomic mass is 79.9. The molecule has 1 aromatic heterocycles. The van der Waals surface area contributed by atoms with Gasteiger partial charge in [0.2, 0.25) is 0 Å². The molecule has 1 rings (SSSR count). The molecule has 13 heavy (non-hydrogen) atoms. The van der Waals surface area contributed by atoms with Crippen molar-refractivity contribution in [2.24, 2.45) is 0 Å². The minimum atomic E-state index is 0.0884. The van der Waals surface area contributed by atoms with Gasteiger partial charge in [0.1, 0.15) is 0 Å². The molecule has 0 saturated carbocycles. The van der Waals surface area contributed by atoms with Crippen LogP contribution in [-0.4, -0.2) is 11.0 Å². The maximum Gasteiger partial charge on any atom is 0.0661 e. The summed E-state index contributed by atoms with van der Waals surface area (Å²) >= 11 is 3.32. The molecule has 0 amide bonds. The van der Waals surface area contributed by atoms with E-state index in [4.69, 9.17) is 6.42 Å². The quantitative estimate of drug-likeness (QED) is 0.815. The molecule has 1 heterocycles. The SMILES string of the molecule is C#CC(C)NCc1ccc(Br)cn1. The normalized spacial score (nSPS) is 12.1. The Balaban J connectivity index is 2.47. The van der Waals surface area contributed by atoms with E-state index in [0.29, 0.717) is 6.54 Å². The minimum absolute atomic E-state index is 0.0884. The summed E-state index contributed by atoms with van der Waals surface area (Å²) in [5.74, 6) is 2.60. The molecule has 0 radical (unpaired) electrons. The van der Waals surface area contributed by atoms with Gasteiger partial charge in [0.25, 0.3) is 0 Å². The maximum absolute atomic E-state index is 5.22. The number of hydrogen-bond donors (Lipinski definition) is 1. The van der Waals surface area contributed by atoms with Crippen molar-refractivity contribution in [1.29, 1.82) is 0 Å². The lowest BCUT2D eigenvalue weighted by Gasteiger charge is -2.06. The molecule has 1 unspecified atom stereocenters. The van der Waals surface area contributed by atoms with Crippen molar-refractivity contribution in [1.82, 2.24) is 10.3 Å². The molecule has 0 aliphatic rings. The summed E-state index contributed by atoms with van der Waals surface area (Å²) in [6.45, 7) is 2.65. The fraction of sp³-hybridized carbons (Fsp3) is 0.300. The molecule has 3 heteroatoms. The number of hydrogen-bond acceptors (Lipinski definition) is 2. The lowest BCUT2D eigenvalue weighted by molar-refractivity contribution is 0.637. The Bertz CT molecular complexity index is 300. The highest BCUT2D eigenvalue weighted by Crippen LogP contribution is 2.07. The summed E-state index contributed by atoms with van der Waals surface area (Å²) in [7, 11) is 0. The molecule has 0 spiro atoms. The van der Waals surface area contributed by atoms with Crippen LogP contribution in [0, 0.1) is 12.3 Å². The second-order valence-corrected chi connectivity index (χ2v) is 3.65. The van der Waals surface area contributed by atoms with Gasteiger partial charge in [-0.1, -0.05) is 5.92 Å². The van der Waals surface area contributed by atoms with Crippen LogP contribution in [0.2, 0.25) is 0 Å². The average Bonchev–Trinajstić information content (AvgIpc) is 2.16. The third kappa shape index (κ3) is 3.58. The molecular weight excluding hydrogens is 228 g/mol. The third-order valence-electron chi connectivity index (χ3n) is 1.63. The van der Waals surface area contributed by atoms with Crippen molar-refractivity contribution in [2.45, 2.75) is 19.5 Å². The Hall–Kier alpha value is -0.850. The molecule has 68 valence electrons. The lowest BCUT2D eigenvalue weighted by atomic mass is 10.3. The van der Waals surface area contributed by atoms with Crippen LogP contribution in [0.5, 0.6) is 0 Å². The van der Waals surface area contributed by atoms with Gasteiger partial charge >= 0.3 is 0 Å². The van der Waals surface area contributed by atoms with Crippen LogP contribution in [0.1, 0.15) is 12.6 Å². The number of pyridine rings is 1. The van der Waals surface area contributed by atoms with E-state index < -0.39 is 0 Å². The van der Waals surface area contributed by atoms with Gasteiger partial charge in [0, 0.05) is 17.2 Å². The van der Waals surface area contributed by atoms with E-state index in [1.807, 2.05) is 19.1 Å². The Morgan fingerprint density at radius 2 is 2.46 bits per heavy atom. The highest BCUT2D eigenvalue weighted by molar-refractivity contribution is 9.10. The van der Waals surface area contributed by atoms with E-state index in [1.165, 1.54) is 0 Å². The van der Waals surface area contributed by atoms with Crippen molar-refractivity contribution in [2.75, 3.05) is 0 Å². The van der Waals surface area contributed by atoms with Crippen molar-refractivity contribution in [3.63, 3.8) is 0 Å². The zero-order chi connectivity index (χ0) is 9.68. The van der Waals surface area contributed by atoms with Crippen molar-refractivity contribution in [3.8, 4) is 12.3 Å². The Morgan fingerprint density at radius 3 is 3.00 bits per heavy atom. The Morgan fingerprint density at radius 1 is 1.69 bits per heavy atom.